The van der Waals surface area contributed by atoms with Crippen LogP contribution in [-0.2, 0) is 9.59 Å². The third-order valence-electron chi connectivity index (χ3n) is 3.47. The summed E-state index contributed by atoms with van der Waals surface area (Å²) in [5.74, 6) is -1.15. The highest BCUT2D eigenvalue weighted by atomic mass is 32.1. The molecule has 21 heavy (non-hydrogen) atoms. The second kappa shape index (κ2) is 7.76. The van der Waals surface area contributed by atoms with Gasteiger partial charge in [-0.1, -0.05) is 13.8 Å². The molecule has 0 aromatic carbocycles. The van der Waals surface area contributed by atoms with Gasteiger partial charge in [0, 0.05) is 13.0 Å². The van der Waals surface area contributed by atoms with Crippen LogP contribution in [0.1, 0.15) is 38.7 Å². The van der Waals surface area contributed by atoms with Crippen LogP contribution in [0.5, 0.6) is 0 Å². The van der Waals surface area contributed by atoms with Crippen LogP contribution in [0.25, 0.3) is 0 Å². The zero-order chi connectivity index (χ0) is 15.9. The van der Waals surface area contributed by atoms with Crippen molar-refractivity contribution in [1.82, 2.24) is 5.32 Å². The minimum Gasteiger partial charge on any atom is -0.480 e. The van der Waals surface area contributed by atoms with Crippen LogP contribution in [0.15, 0.2) is 11.4 Å². The zero-order valence-corrected chi connectivity index (χ0v) is 12.9. The first kappa shape index (κ1) is 17.1. The molecule has 0 aliphatic carbocycles. The monoisotopic (exact) mass is 309 g/mol. The van der Waals surface area contributed by atoms with E-state index in [0.717, 1.165) is 0 Å². The van der Waals surface area contributed by atoms with Crippen molar-refractivity contribution in [3.05, 3.63) is 17.0 Å². The number of hydrogen-bond donors (Lipinski definition) is 3. The van der Waals surface area contributed by atoms with Crippen LogP contribution in [0, 0.1) is 11.3 Å². The van der Waals surface area contributed by atoms with Gasteiger partial charge in [0.1, 0.15) is 16.6 Å². The fourth-order valence-electron chi connectivity index (χ4n) is 1.98. The van der Waals surface area contributed by atoms with Gasteiger partial charge in [0.25, 0.3) is 0 Å². The lowest BCUT2D eigenvalue weighted by molar-refractivity contribution is -0.145. The summed E-state index contributed by atoms with van der Waals surface area (Å²) in [6.45, 7) is 3.87. The van der Waals surface area contributed by atoms with Gasteiger partial charge in [-0.3, -0.25) is 9.59 Å². The van der Waals surface area contributed by atoms with Crippen LogP contribution < -0.4 is 10.6 Å². The molecule has 0 saturated heterocycles. The number of rotatable bonds is 8. The predicted molar refractivity (Wildman–Crippen MR) is 81.2 cm³/mol. The molecule has 1 heterocycles. The molecule has 0 atom stereocenters. The standard InChI is InChI=1S/C14H19N3O3S/c1-3-14(4-2,13(19)20)16-7-5-11(18)17-12-10(9-15)6-8-21-12/h6,8,16H,3-5,7H2,1-2H3,(H,17,18)(H,19,20). The summed E-state index contributed by atoms with van der Waals surface area (Å²) in [4.78, 5) is 23.1. The molecular formula is C14H19N3O3S. The Labute approximate surface area is 127 Å². The third kappa shape index (κ3) is 4.28. The maximum atomic E-state index is 11.8. The van der Waals surface area contributed by atoms with Gasteiger partial charge in [-0.2, -0.15) is 5.26 Å². The third-order valence-corrected chi connectivity index (χ3v) is 4.30. The van der Waals surface area contributed by atoms with E-state index in [1.165, 1.54) is 11.3 Å². The molecule has 1 aromatic heterocycles. The van der Waals surface area contributed by atoms with E-state index in [4.69, 9.17) is 5.26 Å². The average molecular weight is 309 g/mol. The Morgan fingerprint density at radius 1 is 1.43 bits per heavy atom. The van der Waals surface area contributed by atoms with Gasteiger partial charge in [0.15, 0.2) is 0 Å². The van der Waals surface area contributed by atoms with Crippen LogP contribution in [0.3, 0.4) is 0 Å². The van der Waals surface area contributed by atoms with Crippen molar-refractivity contribution in [1.29, 1.82) is 5.26 Å². The van der Waals surface area contributed by atoms with E-state index < -0.39 is 11.5 Å². The number of nitrogens with one attached hydrogen (secondary N) is 2. The van der Waals surface area contributed by atoms with E-state index in [2.05, 4.69) is 10.6 Å². The minimum atomic E-state index is -0.985. The maximum absolute atomic E-state index is 11.8. The summed E-state index contributed by atoms with van der Waals surface area (Å²) >= 11 is 1.29. The van der Waals surface area contributed by atoms with Crippen molar-refractivity contribution in [2.24, 2.45) is 0 Å². The first-order chi connectivity index (χ1) is 9.99. The highest BCUT2D eigenvalue weighted by Gasteiger charge is 2.33. The van der Waals surface area contributed by atoms with Crippen LogP contribution in [-0.4, -0.2) is 29.1 Å². The SMILES string of the molecule is CCC(CC)(NCCC(=O)Nc1sccc1C#N)C(=O)O. The molecule has 0 radical (unpaired) electrons. The Bertz CT molecular complexity index is 544. The highest BCUT2D eigenvalue weighted by Crippen LogP contribution is 2.22. The van der Waals surface area contributed by atoms with E-state index in [-0.39, 0.29) is 18.9 Å². The average Bonchev–Trinajstić information content (AvgIpc) is 2.90. The van der Waals surface area contributed by atoms with Gasteiger partial charge in [0.05, 0.1) is 5.56 Å². The normalized spacial score (nSPS) is 10.9. The molecule has 7 heteroatoms. The number of thiophene rings is 1. The number of carbonyl (C=O) groups excluding carboxylic acids is 1. The van der Waals surface area contributed by atoms with Gasteiger partial charge in [-0.15, -0.1) is 11.3 Å². The largest absolute Gasteiger partial charge is 0.480 e. The molecule has 0 aliphatic rings. The lowest BCUT2D eigenvalue weighted by atomic mass is 9.93. The molecule has 0 unspecified atom stereocenters. The number of carboxylic acid groups (broad SMARTS) is 1. The predicted octanol–water partition coefficient (Wildman–Crippen LogP) is 2.18. The molecule has 1 amide bonds. The molecule has 1 rings (SSSR count). The lowest BCUT2D eigenvalue weighted by Gasteiger charge is -2.28. The van der Waals surface area contributed by atoms with Gasteiger partial charge < -0.3 is 15.7 Å². The molecule has 114 valence electrons. The van der Waals surface area contributed by atoms with E-state index in [1.807, 2.05) is 6.07 Å². The number of aliphatic carboxylic acids is 1. The summed E-state index contributed by atoms with van der Waals surface area (Å²) in [6, 6.07) is 3.64. The molecule has 0 aliphatic heterocycles. The first-order valence-electron chi connectivity index (χ1n) is 6.75. The van der Waals surface area contributed by atoms with E-state index >= 15 is 0 Å². The maximum Gasteiger partial charge on any atom is 0.323 e. The topological polar surface area (TPSA) is 102 Å². The van der Waals surface area contributed by atoms with Crippen LogP contribution >= 0.6 is 11.3 Å². The summed E-state index contributed by atoms with van der Waals surface area (Å²) in [5.41, 5.74) is -0.551. The van der Waals surface area contributed by atoms with E-state index in [1.54, 1.807) is 25.3 Å². The number of hydrogen-bond acceptors (Lipinski definition) is 5. The molecule has 0 saturated carbocycles. The van der Waals surface area contributed by atoms with Crippen LogP contribution in [0.4, 0.5) is 5.00 Å². The van der Waals surface area contributed by atoms with Gasteiger partial charge in [-0.25, -0.2) is 0 Å². The number of nitrogens with zero attached hydrogens (tertiary/aromatic N) is 1. The molecule has 0 bridgehead atoms. The van der Waals surface area contributed by atoms with Crippen LogP contribution in [0.2, 0.25) is 0 Å². The van der Waals surface area contributed by atoms with Crippen molar-refractivity contribution in [2.45, 2.75) is 38.6 Å². The molecule has 0 spiro atoms. The molecular weight excluding hydrogens is 290 g/mol. The van der Waals surface area contributed by atoms with Gasteiger partial charge in [0.2, 0.25) is 5.91 Å². The summed E-state index contributed by atoms with van der Waals surface area (Å²) in [7, 11) is 0. The number of nitriles is 1. The highest BCUT2D eigenvalue weighted by molar-refractivity contribution is 7.14. The Kier molecular flexibility index (Phi) is 6.34. The van der Waals surface area contributed by atoms with E-state index in [9.17, 15) is 14.7 Å². The van der Waals surface area contributed by atoms with E-state index in [0.29, 0.717) is 23.4 Å². The fraction of sp³-hybridized carbons (Fsp3) is 0.500. The van der Waals surface area contributed by atoms with Crippen molar-refractivity contribution in [2.75, 3.05) is 11.9 Å². The number of anilines is 1. The smallest absolute Gasteiger partial charge is 0.323 e. The Hall–Kier alpha value is -1.91. The Morgan fingerprint density at radius 3 is 2.62 bits per heavy atom. The summed E-state index contributed by atoms with van der Waals surface area (Å²) < 4.78 is 0. The molecule has 0 fully saturated rings. The summed E-state index contributed by atoms with van der Waals surface area (Å²) in [5, 5.41) is 26.0. The van der Waals surface area contributed by atoms with Crippen molar-refractivity contribution in [3.8, 4) is 6.07 Å². The number of carboxylic acids is 1. The fourth-order valence-corrected chi connectivity index (χ4v) is 2.73. The van der Waals surface area contributed by atoms with Crippen molar-refractivity contribution >= 4 is 28.2 Å². The molecule has 6 nitrogen and oxygen atoms in total. The Balaban J connectivity index is 2.50. The lowest BCUT2D eigenvalue weighted by Crippen LogP contribution is -2.51. The zero-order valence-electron chi connectivity index (χ0n) is 12.1. The Morgan fingerprint density at radius 2 is 2.10 bits per heavy atom. The molecule has 3 N–H and O–H groups in total. The van der Waals surface area contributed by atoms with Gasteiger partial charge >= 0.3 is 5.97 Å². The van der Waals surface area contributed by atoms with Crippen molar-refractivity contribution in [3.63, 3.8) is 0 Å². The van der Waals surface area contributed by atoms with Crippen molar-refractivity contribution < 1.29 is 14.7 Å². The van der Waals surface area contributed by atoms with Gasteiger partial charge in [-0.05, 0) is 24.3 Å². The number of amides is 1. The second-order valence-electron chi connectivity index (χ2n) is 4.59. The second-order valence-corrected chi connectivity index (χ2v) is 5.51. The number of carbonyl (C=O) groups is 2. The minimum absolute atomic E-state index is 0.151. The summed E-state index contributed by atoms with van der Waals surface area (Å²) in [6.07, 6.45) is 1.05. The first-order valence-corrected chi connectivity index (χ1v) is 7.63. The molecule has 1 aromatic rings. The quantitative estimate of drug-likeness (QED) is 0.683.